The van der Waals surface area contributed by atoms with Crippen LogP contribution in [0.15, 0.2) is 55.0 Å². The molecule has 0 unspecified atom stereocenters. The number of nitrogens with zero attached hydrogens (tertiary/aromatic N) is 3. The lowest BCUT2D eigenvalue weighted by Gasteiger charge is -2.20. The van der Waals surface area contributed by atoms with Gasteiger partial charge in [-0.3, -0.25) is 4.79 Å². The van der Waals surface area contributed by atoms with Gasteiger partial charge in [-0.05, 0) is 35.4 Å². The number of aryl methyl sites for hydroxylation is 1. The second-order valence-corrected chi connectivity index (χ2v) is 6.86. The molecule has 4 rings (SSSR count). The van der Waals surface area contributed by atoms with E-state index in [0.29, 0.717) is 36.7 Å². The number of benzene rings is 2. The van der Waals surface area contributed by atoms with Crippen molar-refractivity contribution in [1.82, 2.24) is 14.5 Å². The maximum absolute atomic E-state index is 12.8. The van der Waals surface area contributed by atoms with Gasteiger partial charge in [0.2, 0.25) is 0 Å². The third kappa shape index (κ3) is 3.83. The van der Waals surface area contributed by atoms with Crippen LogP contribution in [0.5, 0.6) is 5.75 Å². The van der Waals surface area contributed by atoms with Crippen LogP contribution in [0.4, 0.5) is 13.2 Å². The minimum atomic E-state index is -4.37. The molecule has 0 N–H and O–H groups in total. The molecule has 0 aliphatic carbocycles. The topological polar surface area (TPSA) is 47.4 Å². The highest BCUT2D eigenvalue weighted by atomic mass is 19.4. The van der Waals surface area contributed by atoms with Crippen molar-refractivity contribution < 1.29 is 22.7 Å². The Morgan fingerprint density at radius 2 is 1.83 bits per heavy atom. The van der Waals surface area contributed by atoms with Crippen LogP contribution >= 0.6 is 0 Å². The lowest BCUT2D eigenvalue weighted by atomic mass is 10.0. The maximum atomic E-state index is 12.8. The molecule has 2 heterocycles. The fourth-order valence-electron chi connectivity index (χ4n) is 3.32. The van der Waals surface area contributed by atoms with Gasteiger partial charge in [-0.1, -0.05) is 18.2 Å². The summed E-state index contributed by atoms with van der Waals surface area (Å²) >= 11 is 0. The van der Waals surface area contributed by atoms with E-state index in [1.165, 1.54) is 18.3 Å². The zero-order valence-corrected chi connectivity index (χ0v) is 15.6. The molecule has 150 valence electrons. The van der Waals surface area contributed by atoms with Gasteiger partial charge in [-0.25, -0.2) is 4.98 Å². The highest BCUT2D eigenvalue weighted by Crippen LogP contribution is 2.33. The van der Waals surface area contributed by atoms with Crippen molar-refractivity contribution in [3.8, 4) is 16.9 Å². The first-order valence-electron chi connectivity index (χ1n) is 9.02. The number of ether oxygens (including phenoxy) is 1. The van der Waals surface area contributed by atoms with Crippen LogP contribution in [0.3, 0.4) is 0 Å². The summed E-state index contributed by atoms with van der Waals surface area (Å²) in [7, 11) is 1.76. The summed E-state index contributed by atoms with van der Waals surface area (Å²) in [4.78, 5) is 18.5. The summed E-state index contributed by atoms with van der Waals surface area (Å²) in [6.07, 6.45) is -1.28. The molecule has 0 atom stereocenters. The maximum Gasteiger partial charge on any atom is 0.416 e. The van der Waals surface area contributed by atoms with Crippen molar-refractivity contribution in [1.29, 1.82) is 0 Å². The van der Waals surface area contributed by atoms with E-state index in [0.717, 1.165) is 23.3 Å². The molecule has 0 saturated heterocycles. The van der Waals surface area contributed by atoms with E-state index >= 15 is 0 Å². The zero-order chi connectivity index (χ0) is 20.6. The lowest BCUT2D eigenvalue weighted by Crippen LogP contribution is -2.33. The second-order valence-electron chi connectivity index (χ2n) is 6.86. The highest BCUT2D eigenvalue weighted by molar-refractivity contribution is 5.92. The molecule has 2 aromatic carbocycles. The first-order chi connectivity index (χ1) is 13.8. The Balaban J connectivity index is 1.62. The van der Waals surface area contributed by atoms with Gasteiger partial charge >= 0.3 is 6.18 Å². The third-order valence-corrected chi connectivity index (χ3v) is 4.91. The number of amides is 1. The molecular formula is C21H18F3N3O2. The van der Waals surface area contributed by atoms with Crippen LogP contribution < -0.4 is 4.74 Å². The third-order valence-electron chi connectivity index (χ3n) is 4.91. The smallest absolute Gasteiger partial charge is 0.416 e. The molecule has 0 saturated carbocycles. The molecule has 0 radical (unpaired) electrons. The minimum absolute atomic E-state index is 0.151. The van der Waals surface area contributed by atoms with Crippen LogP contribution in [0.2, 0.25) is 0 Å². The summed E-state index contributed by atoms with van der Waals surface area (Å²) in [5, 5.41) is 0. The molecule has 0 bridgehead atoms. The van der Waals surface area contributed by atoms with Crippen LogP contribution in [0.1, 0.15) is 21.6 Å². The van der Waals surface area contributed by atoms with E-state index in [1.807, 2.05) is 6.07 Å². The molecule has 1 aromatic heterocycles. The quantitative estimate of drug-likeness (QED) is 0.649. The number of aromatic nitrogens is 2. The van der Waals surface area contributed by atoms with Crippen molar-refractivity contribution in [2.24, 2.45) is 7.05 Å². The summed E-state index contributed by atoms with van der Waals surface area (Å²) in [6, 6.07) is 10.5. The van der Waals surface area contributed by atoms with Crippen molar-refractivity contribution in [3.63, 3.8) is 0 Å². The average molecular weight is 401 g/mol. The van der Waals surface area contributed by atoms with Gasteiger partial charge in [0, 0.05) is 19.2 Å². The molecule has 29 heavy (non-hydrogen) atoms. The van der Waals surface area contributed by atoms with Crippen LogP contribution in [0.25, 0.3) is 11.1 Å². The number of alkyl halides is 3. The standard InChI is InChI=1S/C21H18F3N3O2/c1-26-13-25-11-18(26)20(28)27-8-9-29-19-7-4-15(10-16(19)12-27)14-2-5-17(6-3-14)21(22,23)24/h2-7,10-11,13H,8-9,12H2,1H3. The number of rotatable bonds is 2. The Bertz CT molecular complexity index is 1040. The zero-order valence-electron chi connectivity index (χ0n) is 15.6. The van der Waals surface area contributed by atoms with Gasteiger partial charge in [0.05, 0.1) is 24.6 Å². The number of carbonyl (C=O) groups is 1. The Hall–Kier alpha value is -3.29. The first-order valence-corrected chi connectivity index (χ1v) is 9.02. The monoisotopic (exact) mass is 401 g/mol. The fraction of sp³-hybridized carbons (Fsp3) is 0.238. The number of imidazole rings is 1. The Morgan fingerprint density at radius 3 is 2.48 bits per heavy atom. The largest absolute Gasteiger partial charge is 0.491 e. The Labute approximate surface area is 165 Å². The SMILES string of the molecule is Cn1cncc1C(=O)N1CCOc2ccc(-c3ccc(C(F)(F)F)cc3)cc2C1. The van der Waals surface area contributed by atoms with Gasteiger partial charge in [-0.15, -0.1) is 0 Å². The fourth-order valence-corrected chi connectivity index (χ4v) is 3.32. The van der Waals surface area contributed by atoms with Crippen LogP contribution in [-0.2, 0) is 19.8 Å². The first kappa shape index (κ1) is 19.0. The van der Waals surface area contributed by atoms with E-state index in [4.69, 9.17) is 4.74 Å². The van der Waals surface area contributed by atoms with Gasteiger partial charge < -0.3 is 14.2 Å². The van der Waals surface area contributed by atoms with Crippen molar-refractivity contribution >= 4 is 5.91 Å². The Morgan fingerprint density at radius 1 is 1.10 bits per heavy atom. The predicted molar refractivity (Wildman–Crippen MR) is 100 cm³/mol. The molecule has 1 amide bonds. The summed E-state index contributed by atoms with van der Waals surface area (Å²) < 4.78 is 45.8. The van der Waals surface area contributed by atoms with Crippen molar-refractivity contribution in [2.45, 2.75) is 12.7 Å². The molecule has 1 aliphatic heterocycles. The molecular weight excluding hydrogens is 383 g/mol. The second kappa shape index (κ2) is 7.27. The average Bonchev–Trinajstić information content (AvgIpc) is 3.01. The number of fused-ring (bicyclic) bond motifs is 1. The van der Waals surface area contributed by atoms with Gasteiger partial charge in [-0.2, -0.15) is 13.2 Å². The molecule has 8 heteroatoms. The van der Waals surface area contributed by atoms with Crippen LogP contribution in [-0.4, -0.2) is 33.5 Å². The molecule has 3 aromatic rings. The summed E-state index contributed by atoms with van der Waals surface area (Å²) in [5.74, 6) is 0.516. The van der Waals surface area contributed by atoms with Gasteiger partial charge in [0.25, 0.3) is 5.91 Å². The van der Waals surface area contributed by atoms with E-state index in [-0.39, 0.29) is 5.91 Å². The highest BCUT2D eigenvalue weighted by Gasteiger charge is 2.30. The number of hydrogen-bond donors (Lipinski definition) is 0. The summed E-state index contributed by atoms with van der Waals surface area (Å²) in [5.41, 5.74) is 2.01. The van der Waals surface area contributed by atoms with E-state index in [1.54, 1.807) is 35.0 Å². The van der Waals surface area contributed by atoms with E-state index in [2.05, 4.69) is 4.98 Å². The molecule has 5 nitrogen and oxygen atoms in total. The molecule has 0 spiro atoms. The van der Waals surface area contributed by atoms with Crippen LogP contribution in [0, 0.1) is 0 Å². The number of halogens is 3. The van der Waals surface area contributed by atoms with Crippen molar-refractivity contribution in [2.75, 3.05) is 13.2 Å². The number of carbonyl (C=O) groups excluding carboxylic acids is 1. The van der Waals surface area contributed by atoms with E-state index in [9.17, 15) is 18.0 Å². The van der Waals surface area contributed by atoms with Crippen molar-refractivity contribution in [3.05, 3.63) is 71.8 Å². The van der Waals surface area contributed by atoms with Gasteiger partial charge in [0.15, 0.2) is 0 Å². The van der Waals surface area contributed by atoms with E-state index < -0.39 is 11.7 Å². The molecule has 0 fully saturated rings. The number of hydrogen-bond acceptors (Lipinski definition) is 3. The Kier molecular flexibility index (Phi) is 4.77. The molecule has 1 aliphatic rings. The lowest BCUT2D eigenvalue weighted by molar-refractivity contribution is -0.137. The van der Waals surface area contributed by atoms with Gasteiger partial charge in [0.1, 0.15) is 18.1 Å². The normalized spacial score (nSPS) is 14.1. The summed E-state index contributed by atoms with van der Waals surface area (Å²) in [6.45, 7) is 1.12. The predicted octanol–water partition coefficient (Wildman–Crippen LogP) is 4.14. The minimum Gasteiger partial charge on any atom is -0.491 e.